The zero-order valence-electron chi connectivity index (χ0n) is 13.9. The van der Waals surface area contributed by atoms with E-state index in [1.807, 2.05) is 11.8 Å². The predicted octanol–water partition coefficient (Wildman–Crippen LogP) is 2.78. The zero-order valence-corrected chi connectivity index (χ0v) is 13.9. The maximum absolute atomic E-state index is 12.6. The Morgan fingerprint density at radius 1 is 1.30 bits per heavy atom. The first kappa shape index (κ1) is 17.4. The molecular formula is C16H32N2O2. The molecule has 1 aliphatic rings. The second-order valence-electron chi connectivity index (χ2n) is 6.34. The summed E-state index contributed by atoms with van der Waals surface area (Å²) in [6.45, 7) is 12.9. The van der Waals surface area contributed by atoms with Gasteiger partial charge in [-0.1, -0.05) is 34.1 Å². The molecule has 1 heterocycles. The standard InChI is InChI=1S/C16H32N2O2/c1-6-8-11-20-12-9-10-18-14(13(3)4)17-16(5,7-2)15(18)19/h13-14,17H,6-12H2,1-5H3. The first-order valence-electron chi connectivity index (χ1n) is 8.12. The molecule has 0 aromatic rings. The van der Waals surface area contributed by atoms with E-state index in [1.165, 1.54) is 6.42 Å². The Morgan fingerprint density at radius 2 is 1.95 bits per heavy atom. The molecule has 1 rings (SSSR count). The summed E-state index contributed by atoms with van der Waals surface area (Å²) < 4.78 is 5.58. The van der Waals surface area contributed by atoms with Crippen molar-refractivity contribution >= 4 is 5.91 Å². The highest BCUT2D eigenvalue weighted by atomic mass is 16.5. The molecule has 1 N–H and O–H groups in total. The van der Waals surface area contributed by atoms with E-state index in [4.69, 9.17) is 4.74 Å². The highest BCUT2D eigenvalue weighted by Crippen LogP contribution is 2.27. The number of amides is 1. The number of hydrogen-bond donors (Lipinski definition) is 1. The van der Waals surface area contributed by atoms with Crippen molar-refractivity contribution in [3.63, 3.8) is 0 Å². The summed E-state index contributed by atoms with van der Waals surface area (Å²) in [5.41, 5.74) is -0.391. The summed E-state index contributed by atoms with van der Waals surface area (Å²) in [5, 5.41) is 3.51. The Bertz CT molecular complexity index is 307. The van der Waals surface area contributed by atoms with Crippen LogP contribution in [0.5, 0.6) is 0 Å². The average molecular weight is 284 g/mol. The van der Waals surface area contributed by atoms with E-state index in [9.17, 15) is 4.79 Å². The molecule has 0 aliphatic carbocycles. The van der Waals surface area contributed by atoms with Crippen molar-refractivity contribution < 1.29 is 9.53 Å². The van der Waals surface area contributed by atoms with Gasteiger partial charge in [-0.25, -0.2) is 0 Å². The van der Waals surface area contributed by atoms with Crippen molar-refractivity contribution in [1.29, 1.82) is 0 Å². The van der Waals surface area contributed by atoms with Crippen molar-refractivity contribution in [2.45, 2.75) is 72.0 Å². The van der Waals surface area contributed by atoms with Crippen LogP contribution in [0.25, 0.3) is 0 Å². The number of rotatable bonds is 9. The van der Waals surface area contributed by atoms with Gasteiger partial charge in [0.15, 0.2) is 0 Å². The fourth-order valence-corrected chi connectivity index (χ4v) is 2.62. The molecule has 0 radical (unpaired) electrons. The van der Waals surface area contributed by atoms with E-state index in [0.29, 0.717) is 5.92 Å². The molecule has 0 aromatic heterocycles. The van der Waals surface area contributed by atoms with Gasteiger partial charge in [-0.3, -0.25) is 10.1 Å². The topological polar surface area (TPSA) is 41.6 Å². The summed E-state index contributed by atoms with van der Waals surface area (Å²) >= 11 is 0. The van der Waals surface area contributed by atoms with Crippen molar-refractivity contribution in [3.05, 3.63) is 0 Å². The number of hydrogen-bond acceptors (Lipinski definition) is 3. The summed E-state index contributed by atoms with van der Waals surface area (Å²) in [7, 11) is 0. The Kier molecular flexibility index (Phi) is 6.96. The number of carbonyl (C=O) groups excluding carboxylic acids is 1. The fourth-order valence-electron chi connectivity index (χ4n) is 2.62. The van der Waals surface area contributed by atoms with Gasteiger partial charge in [-0.2, -0.15) is 0 Å². The maximum Gasteiger partial charge on any atom is 0.243 e. The fraction of sp³-hybridized carbons (Fsp3) is 0.938. The summed E-state index contributed by atoms with van der Waals surface area (Å²) in [6.07, 6.45) is 4.19. The minimum Gasteiger partial charge on any atom is -0.381 e. The summed E-state index contributed by atoms with van der Waals surface area (Å²) in [6, 6.07) is 0. The molecule has 4 nitrogen and oxygen atoms in total. The van der Waals surface area contributed by atoms with Crippen molar-refractivity contribution in [3.8, 4) is 0 Å². The van der Waals surface area contributed by atoms with Crippen LogP contribution in [0.15, 0.2) is 0 Å². The van der Waals surface area contributed by atoms with Crippen LogP contribution in [0.1, 0.15) is 60.3 Å². The number of ether oxygens (including phenoxy) is 1. The molecule has 1 saturated heterocycles. The Morgan fingerprint density at radius 3 is 2.50 bits per heavy atom. The molecular weight excluding hydrogens is 252 g/mol. The second-order valence-corrected chi connectivity index (χ2v) is 6.34. The monoisotopic (exact) mass is 284 g/mol. The smallest absolute Gasteiger partial charge is 0.243 e. The Labute approximate surface area is 124 Å². The van der Waals surface area contributed by atoms with Gasteiger partial charge in [0.1, 0.15) is 0 Å². The van der Waals surface area contributed by atoms with Gasteiger partial charge >= 0.3 is 0 Å². The molecule has 1 amide bonds. The highest BCUT2D eigenvalue weighted by Gasteiger charge is 2.47. The second kappa shape index (κ2) is 7.99. The average Bonchev–Trinajstić information content (AvgIpc) is 2.68. The van der Waals surface area contributed by atoms with Crippen molar-refractivity contribution in [2.75, 3.05) is 19.8 Å². The highest BCUT2D eigenvalue weighted by molar-refractivity contribution is 5.88. The normalized spacial score (nSPS) is 26.8. The van der Waals surface area contributed by atoms with E-state index in [1.54, 1.807) is 0 Å². The molecule has 1 fully saturated rings. The lowest BCUT2D eigenvalue weighted by molar-refractivity contribution is -0.133. The van der Waals surface area contributed by atoms with Crippen LogP contribution in [-0.4, -0.2) is 42.3 Å². The largest absolute Gasteiger partial charge is 0.381 e. The molecule has 0 aromatic carbocycles. The lowest BCUT2D eigenvalue weighted by atomic mass is 9.99. The third-order valence-corrected chi connectivity index (χ3v) is 4.20. The van der Waals surface area contributed by atoms with E-state index in [-0.39, 0.29) is 12.1 Å². The Balaban J connectivity index is 2.46. The van der Waals surface area contributed by atoms with Gasteiger partial charge in [-0.15, -0.1) is 0 Å². The lowest BCUT2D eigenvalue weighted by Gasteiger charge is -2.27. The molecule has 2 atom stereocenters. The molecule has 20 heavy (non-hydrogen) atoms. The van der Waals surface area contributed by atoms with Gasteiger partial charge in [-0.05, 0) is 32.1 Å². The van der Waals surface area contributed by atoms with Crippen LogP contribution in [-0.2, 0) is 9.53 Å². The number of unbranched alkanes of at least 4 members (excludes halogenated alkanes) is 1. The SMILES string of the molecule is CCCCOCCCN1C(=O)C(C)(CC)NC1C(C)C. The lowest BCUT2D eigenvalue weighted by Crippen LogP contribution is -2.45. The minimum absolute atomic E-state index is 0.156. The van der Waals surface area contributed by atoms with Crippen LogP contribution in [0.2, 0.25) is 0 Å². The minimum atomic E-state index is -0.391. The molecule has 0 saturated carbocycles. The van der Waals surface area contributed by atoms with Crippen molar-refractivity contribution in [2.24, 2.45) is 5.92 Å². The first-order valence-corrected chi connectivity index (χ1v) is 8.12. The van der Waals surface area contributed by atoms with Gasteiger partial charge < -0.3 is 9.64 Å². The van der Waals surface area contributed by atoms with Gasteiger partial charge in [0.2, 0.25) is 5.91 Å². The zero-order chi connectivity index (χ0) is 15.2. The van der Waals surface area contributed by atoms with Crippen LogP contribution < -0.4 is 5.32 Å². The van der Waals surface area contributed by atoms with E-state index < -0.39 is 5.54 Å². The van der Waals surface area contributed by atoms with Crippen LogP contribution in [0.4, 0.5) is 0 Å². The molecule has 0 bridgehead atoms. The molecule has 0 spiro atoms. The molecule has 1 aliphatic heterocycles. The van der Waals surface area contributed by atoms with Gasteiger partial charge in [0.05, 0.1) is 11.7 Å². The van der Waals surface area contributed by atoms with Gasteiger partial charge in [0.25, 0.3) is 0 Å². The number of carbonyl (C=O) groups is 1. The summed E-state index contributed by atoms with van der Waals surface area (Å²) in [5.74, 6) is 0.667. The van der Waals surface area contributed by atoms with Crippen LogP contribution in [0.3, 0.4) is 0 Å². The summed E-state index contributed by atoms with van der Waals surface area (Å²) in [4.78, 5) is 14.6. The van der Waals surface area contributed by atoms with E-state index in [2.05, 4.69) is 33.0 Å². The third-order valence-electron chi connectivity index (χ3n) is 4.20. The molecule has 4 heteroatoms. The van der Waals surface area contributed by atoms with E-state index >= 15 is 0 Å². The predicted molar refractivity (Wildman–Crippen MR) is 82.5 cm³/mol. The van der Waals surface area contributed by atoms with Crippen molar-refractivity contribution in [1.82, 2.24) is 10.2 Å². The van der Waals surface area contributed by atoms with Crippen LogP contribution in [0, 0.1) is 5.92 Å². The number of nitrogens with zero attached hydrogens (tertiary/aromatic N) is 1. The third kappa shape index (κ3) is 4.19. The maximum atomic E-state index is 12.6. The quantitative estimate of drug-likeness (QED) is 0.662. The number of nitrogens with one attached hydrogen (secondary N) is 1. The molecule has 118 valence electrons. The Hall–Kier alpha value is -0.610. The van der Waals surface area contributed by atoms with E-state index in [0.717, 1.165) is 39.0 Å². The molecule has 2 unspecified atom stereocenters. The first-order chi connectivity index (χ1) is 9.46. The van der Waals surface area contributed by atoms with Crippen LogP contribution >= 0.6 is 0 Å². The van der Waals surface area contributed by atoms with Gasteiger partial charge in [0, 0.05) is 19.8 Å².